The van der Waals surface area contributed by atoms with Gasteiger partial charge >= 0.3 is 0 Å². The molecule has 0 saturated carbocycles. The van der Waals surface area contributed by atoms with Gasteiger partial charge in [0.1, 0.15) is 35.8 Å². The molecule has 2 aromatic rings. The molecule has 0 bridgehead atoms. The second kappa shape index (κ2) is 16.0. The Morgan fingerprint density at radius 1 is 0.686 bits per heavy atom. The van der Waals surface area contributed by atoms with Gasteiger partial charge in [0.05, 0.1) is 13.2 Å². The highest BCUT2D eigenvalue weighted by atomic mass is 19.2. The lowest BCUT2D eigenvalue weighted by atomic mass is 10.2. The Balaban J connectivity index is 1.63. The lowest BCUT2D eigenvalue weighted by Crippen LogP contribution is -2.08. The molecule has 0 spiro atoms. The van der Waals surface area contributed by atoms with Crippen LogP contribution in [0.5, 0.6) is 0 Å². The van der Waals surface area contributed by atoms with Crippen LogP contribution < -0.4 is 0 Å². The molecule has 0 aliphatic heterocycles. The van der Waals surface area contributed by atoms with Gasteiger partial charge < -0.3 is 14.2 Å². The van der Waals surface area contributed by atoms with E-state index in [1.807, 2.05) is 0 Å². The summed E-state index contributed by atoms with van der Waals surface area (Å²) in [5, 5.41) is 0. The number of halogens is 6. The van der Waals surface area contributed by atoms with E-state index in [9.17, 15) is 26.3 Å². The van der Waals surface area contributed by atoms with Crippen LogP contribution in [0.25, 0.3) is 0 Å². The fourth-order valence-electron chi connectivity index (χ4n) is 3.06. The van der Waals surface area contributed by atoms with Gasteiger partial charge in [-0.3, -0.25) is 0 Å². The Morgan fingerprint density at radius 2 is 1.09 bits per heavy atom. The lowest BCUT2D eigenvalue weighted by Gasteiger charge is -2.14. The van der Waals surface area contributed by atoms with E-state index in [0.717, 1.165) is 0 Å². The normalized spacial score (nSPS) is 14.1. The summed E-state index contributed by atoms with van der Waals surface area (Å²) in [5.41, 5.74) is 0.433. The van der Waals surface area contributed by atoms with Crippen molar-refractivity contribution in [2.75, 3.05) is 0 Å². The quantitative estimate of drug-likeness (QED) is 0.171. The van der Waals surface area contributed by atoms with Gasteiger partial charge in [-0.05, 0) is 25.0 Å². The van der Waals surface area contributed by atoms with Crippen molar-refractivity contribution < 1.29 is 40.6 Å². The first-order valence-electron chi connectivity index (χ1n) is 11.2. The summed E-state index contributed by atoms with van der Waals surface area (Å²) in [7, 11) is 0. The second-order valence-electron chi connectivity index (χ2n) is 7.66. The number of allylic oxidation sites excluding steroid dienone is 2. The average Bonchev–Trinajstić information content (AvgIpc) is 2.86. The summed E-state index contributed by atoms with van der Waals surface area (Å²) in [5.74, 6) is -1.44. The average molecular weight is 502 g/mol. The van der Waals surface area contributed by atoms with Crippen LogP contribution in [0.4, 0.5) is 26.3 Å². The Morgan fingerprint density at radius 3 is 1.46 bits per heavy atom. The SMILES string of the molecule is FC=C(CCCC(F)OCc1ccccc1F)OC(=CF)CCCC(F)OCc1ccccc1F. The third-order valence-electron chi connectivity index (χ3n) is 4.97. The fourth-order valence-corrected chi connectivity index (χ4v) is 3.06. The molecule has 2 aromatic carbocycles. The van der Waals surface area contributed by atoms with Crippen LogP contribution in [0.2, 0.25) is 0 Å². The number of alkyl halides is 2. The van der Waals surface area contributed by atoms with Gasteiger partial charge in [0.15, 0.2) is 12.7 Å². The zero-order valence-electron chi connectivity index (χ0n) is 19.1. The minimum Gasteiger partial charge on any atom is -0.461 e. The van der Waals surface area contributed by atoms with Crippen LogP contribution in [0, 0.1) is 11.6 Å². The maximum atomic E-state index is 13.9. The Labute approximate surface area is 201 Å². The molecule has 9 heteroatoms. The van der Waals surface area contributed by atoms with Crippen molar-refractivity contribution in [2.45, 2.75) is 64.5 Å². The number of rotatable bonds is 16. The van der Waals surface area contributed by atoms with Crippen molar-refractivity contribution in [1.29, 1.82) is 0 Å². The standard InChI is InChI=1S/C26H28F6O3/c27-15-21(9-5-13-25(31)33-17-19-7-1-3-11-23(19)29)35-22(16-28)10-6-14-26(32)34-18-20-8-2-4-12-24(20)30/h1-4,7-8,11-12,15-16,25-26H,5-6,9-10,13-14,17-18H2. The Bertz CT molecular complexity index is 875. The van der Waals surface area contributed by atoms with Gasteiger partial charge in [-0.15, -0.1) is 0 Å². The predicted molar refractivity (Wildman–Crippen MR) is 119 cm³/mol. The molecule has 0 aromatic heterocycles. The minimum absolute atomic E-state index is 0.0329. The van der Waals surface area contributed by atoms with E-state index in [1.54, 1.807) is 12.1 Å². The Hall–Kier alpha value is -2.78. The van der Waals surface area contributed by atoms with Crippen LogP contribution in [0.1, 0.15) is 49.7 Å². The zero-order chi connectivity index (χ0) is 25.5. The van der Waals surface area contributed by atoms with E-state index in [-0.39, 0.29) is 87.0 Å². The van der Waals surface area contributed by atoms with Crippen LogP contribution in [-0.2, 0) is 27.4 Å². The van der Waals surface area contributed by atoms with Gasteiger partial charge in [-0.2, -0.15) is 0 Å². The molecule has 3 nitrogen and oxygen atoms in total. The van der Waals surface area contributed by atoms with Crippen LogP contribution in [0.15, 0.2) is 72.7 Å². The molecule has 2 atom stereocenters. The highest BCUT2D eigenvalue weighted by molar-refractivity contribution is 5.16. The number of ether oxygens (including phenoxy) is 3. The number of hydrogen-bond acceptors (Lipinski definition) is 3. The lowest BCUT2D eigenvalue weighted by molar-refractivity contribution is -0.0556. The second-order valence-corrected chi connectivity index (χ2v) is 7.66. The molecule has 0 heterocycles. The maximum absolute atomic E-state index is 13.9. The molecule has 2 rings (SSSR count). The zero-order valence-corrected chi connectivity index (χ0v) is 19.1. The summed E-state index contributed by atoms with van der Waals surface area (Å²) in [6, 6.07) is 11.7. The van der Waals surface area contributed by atoms with Crippen LogP contribution >= 0.6 is 0 Å². The van der Waals surface area contributed by atoms with Crippen LogP contribution in [-0.4, -0.2) is 12.7 Å². The number of benzene rings is 2. The summed E-state index contributed by atoms with van der Waals surface area (Å²) in [6.07, 6.45) is -3.12. The summed E-state index contributed by atoms with van der Waals surface area (Å²) in [6.45, 7) is -0.491. The molecule has 192 valence electrons. The molecule has 0 saturated heterocycles. The van der Waals surface area contributed by atoms with Gasteiger partial charge in [0, 0.05) is 36.8 Å². The van der Waals surface area contributed by atoms with Gasteiger partial charge in [0.2, 0.25) is 0 Å². The van der Waals surface area contributed by atoms with Crippen molar-refractivity contribution in [2.24, 2.45) is 0 Å². The highest BCUT2D eigenvalue weighted by Gasteiger charge is 2.13. The molecule has 0 aliphatic rings. The molecule has 35 heavy (non-hydrogen) atoms. The number of hydrogen-bond donors (Lipinski definition) is 0. The first kappa shape index (κ1) is 28.5. The van der Waals surface area contributed by atoms with E-state index in [1.165, 1.54) is 36.4 Å². The molecule has 0 N–H and O–H groups in total. The predicted octanol–water partition coefficient (Wildman–Crippen LogP) is 8.27. The van der Waals surface area contributed by atoms with Crippen LogP contribution in [0.3, 0.4) is 0 Å². The largest absolute Gasteiger partial charge is 0.461 e. The molecule has 0 fully saturated rings. The summed E-state index contributed by atoms with van der Waals surface area (Å²) < 4.78 is 96.1. The molecular formula is C26H28F6O3. The topological polar surface area (TPSA) is 27.7 Å². The van der Waals surface area contributed by atoms with E-state index in [4.69, 9.17) is 14.2 Å². The smallest absolute Gasteiger partial charge is 0.199 e. The van der Waals surface area contributed by atoms with Crippen molar-refractivity contribution in [3.05, 3.63) is 95.5 Å². The Kier molecular flexibility index (Phi) is 13.0. The first-order valence-corrected chi connectivity index (χ1v) is 11.2. The van der Waals surface area contributed by atoms with Crippen molar-refractivity contribution in [3.8, 4) is 0 Å². The van der Waals surface area contributed by atoms with Crippen molar-refractivity contribution in [1.82, 2.24) is 0 Å². The fraction of sp³-hybridized carbons (Fsp3) is 0.385. The van der Waals surface area contributed by atoms with Crippen molar-refractivity contribution >= 4 is 0 Å². The molecule has 0 amide bonds. The van der Waals surface area contributed by atoms with E-state index < -0.39 is 24.3 Å². The minimum atomic E-state index is -1.70. The highest BCUT2D eigenvalue weighted by Crippen LogP contribution is 2.22. The third-order valence-corrected chi connectivity index (χ3v) is 4.97. The van der Waals surface area contributed by atoms with Gasteiger partial charge in [0.25, 0.3) is 0 Å². The van der Waals surface area contributed by atoms with E-state index in [2.05, 4.69) is 0 Å². The molecular weight excluding hydrogens is 474 g/mol. The summed E-state index contributed by atoms with van der Waals surface area (Å²) in [4.78, 5) is 0. The first-order chi connectivity index (χ1) is 16.9. The summed E-state index contributed by atoms with van der Waals surface area (Å²) >= 11 is 0. The third kappa shape index (κ3) is 11.0. The van der Waals surface area contributed by atoms with Gasteiger partial charge in [-0.25, -0.2) is 26.3 Å². The molecule has 0 radical (unpaired) electrons. The maximum Gasteiger partial charge on any atom is 0.199 e. The molecule has 2 unspecified atom stereocenters. The monoisotopic (exact) mass is 502 g/mol. The molecule has 0 aliphatic carbocycles. The van der Waals surface area contributed by atoms with E-state index >= 15 is 0 Å². The van der Waals surface area contributed by atoms with E-state index in [0.29, 0.717) is 0 Å². The van der Waals surface area contributed by atoms with Gasteiger partial charge in [-0.1, -0.05) is 36.4 Å². The van der Waals surface area contributed by atoms with Crippen molar-refractivity contribution in [3.63, 3.8) is 0 Å².